The topological polar surface area (TPSA) is 86.8 Å². The van der Waals surface area contributed by atoms with Crippen LogP contribution in [0.15, 0.2) is 41.5 Å². The maximum absolute atomic E-state index is 15.1. The third kappa shape index (κ3) is 3.92. The number of nitrogens with one attached hydrogen (secondary N) is 2. The summed E-state index contributed by atoms with van der Waals surface area (Å²) < 4.78 is 30.0. The van der Waals surface area contributed by atoms with Crippen molar-refractivity contribution in [3.8, 4) is 0 Å². The Hall–Kier alpha value is -3.72. The summed E-state index contributed by atoms with van der Waals surface area (Å²) >= 11 is 0. The molecule has 4 aromatic rings. The number of fused-ring (bicyclic) bond motifs is 2. The number of nitrogens with zero attached hydrogens (tertiary/aromatic N) is 4. The molecule has 7 nitrogen and oxygen atoms in total. The molecule has 2 N–H and O–H groups in total. The van der Waals surface area contributed by atoms with Crippen LogP contribution >= 0.6 is 0 Å². The number of hydrogen-bond acceptors (Lipinski definition) is 6. The number of aryl methyl sites for hydroxylation is 1. The normalized spacial score (nSPS) is 14.5. The van der Waals surface area contributed by atoms with Gasteiger partial charge in [0.15, 0.2) is 11.6 Å². The molecule has 0 aliphatic carbocycles. The van der Waals surface area contributed by atoms with Crippen LogP contribution in [0.1, 0.15) is 30.0 Å². The van der Waals surface area contributed by atoms with Crippen LogP contribution in [-0.2, 0) is 13.0 Å². The second-order valence-electron chi connectivity index (χ2n) is 8.36. The number of rotatable bonds is 5. The average Bonchev–Trinajstić information content (AvgIpc) is 2.85. The summed E-state index contributed by atoms with van der Waals surface area (Å²) in [5, 5.41) is 3.74. The molecule has 0 aromatic carbocycles. The average molecular weight is 463 g/mol. The van der Waals surface area contributed by atoms with Crippen molar-refractivity contribution in [2.24, 2.45) is 0 Å². The van der Waals surface area contributed by atoms with Gasteiger partial charge >= 0.3 is 0 Å². The molecule has 34 heavy (non-hydrogen) atoms. The molecule has 0 unspecified atom stereocenters. The van der Waals surface area contributed by atoms with Crippen LogP contribution in [0, 0.1) is 11.8 Å². The third-order valence-electron chi connectivity index (χ3n) is 6.30. The van der Waals surface area contributed by atoms with Crippen molar-refractivity contribution in [1.82, 2.24) is 24.8 Å². The second kappa shape index (κ2) is 8.90. The van der Waals surface area contributed by atoms with Crippen molar-refractivity contribution in [2.75, 3.05) is 25.5 Å². The van der Waals surface area contributed by atoms with Gasteiger partial charge in [-0.25, -0.2) is 14.4 Å². The maximum atomic E-state index is 15.1. The summed E-state index contributed by atoms with van der Waals surface area (Å²) in [6.07, 6.45) is 6.30. The highest BCUT2D eigenvalue weighted by molar-refractivity contribution is 5.90. The van der Waals surface area contributed by atoms with E-state index in [-0.39, 0.29) is 11.1 Å². The van der Waals surface area contributed by atoms with Gasteiger partial charge in [0.1, 0.15) is 11.0 Å². The molecule has 1 aliphatic rings. The van der Waals surface area contributed by atoms with Gasteiger partial charge in [-0.3, -0.25) is 14.7 Å². The van der Waals surface area contributed by atoms with Crippen LogP contribution in [0.2, 0.25) is 0 Å². The lowest BCUT2D eigenvalue weighted by molar-refractivity contribution is 0.289. The molecular formula is C25H24F2N6O. The molecule has 0 fully saturated rings. The number of aromatic amines is 1. The van der Waals surface area contributed by atoms with Crippen molar-refractivity contribution >= 4 is 33.3 Å². The fourth-order valence-corrected chi connectivity index (χ4v) is 4.39. The summed E-state index contributed by atoms with van der Waals surface area (Å²) in [6.45, 7) is 3.37. The van der Waals surface area contributed by atoms with Crippen molar-refractivity contribution < 1.29 is 8.78 Å². The molecule has 5 rings (SSSR count). The largest absolute Gasteiger partial charge is 0.371 e. The van der Waals surface area contributed by atoms with Gasteiger partial charge in [0.05, 0.1) is 5.52 Å². The molecule has 0 bridgehead atoms. The van der Waals surface area contributed by atoms with Crippen LogP contribution < -0.4 is 10.9 Å². The number of hydrogen-bond donors (Lipinski definition) is 2. The zero-order valence-corrected chi connectivity index (χ0v) is 19.0. The maximum Gasteiger partial charge on any atom is 0.251 e. The fourth-order valence-electron chi connectivity index (χ4n) is 4.39. The van der Waals surface area contributed by atoms with Crippen LogP contribution in [0.5, 0.6) is 0 Å². The molecule has 5 heterocycles. The van der Waals surface area contributed by atoms with E-state index in [1.54, 1.807) is 25.4 Å². The molecule has 0 radical (unpaired) electrons. The zero-order chi connectivity index (χ0) is 23.8. The van der Waals surface area contributed by atoms with E-state index in [0.717, 1.165) is 11.0 Å². The highest BCUT2D eigenvalue weighted by atomic mass is 19.1. The lowest BCUT2D eigenvalue weighted by Gasteiger charge is -2.26. The van der Waals surface area contributed by atoms with Gasteiger partial charge in [-0.1, -0.05) is 13.0 Å². The van der Waals surface area contributed by atoms with E-state index >= 15 is 4.39 Å². The molecular weight excluding hydrogens is 438 g/mol. The van der Waals surface area contributed by atoms with Crippen LogP contribution in [-0.4, -0.2) is 45.0 Å². The summed E-state index contributed by atoms with van der Waals surface area (Å²) in [5.74, 6) is -0.458. The summed E-state index contributed by atoms with van der Waals surface area (Å²) in [4.78, 5) is 29.5. The van der Waals surface area contributed by atoms with E-state index in [9.17, 15) is 9.18 Å². The Balaban J connectivity index is 1.38. The van der Waals surface area contributed by atoms with Crippen LogP contribution in [0.25, 0.3) is 27.5 Å². The quantitative estimate of drug-likeness (QED) is 0.436. The lowest BCUT2D eigenvalue weighted by Crippen LogP contribution is -2.28. The van der Waals surface area contributed by atoms with E-state index < -0.39 is 11.8 Å². The van der Waals surface area contributed by atoms with Crippen LogP contribution in [0.3, 0.4) is 0 Å². The Morgan fingerprint density at radius 1 is 1.21 bits per heavy atom. The van der Waals surface area contributed by atoms with Gasteiger partial charge in [0.2, 0.25) is 5.95 Å². The Labute approximate surface area is 194 Å². The number of halogens is 2. The first-order chi connectivity index (χ1) is 16.5. The standard InChI is InChI=1S/C25H24F2N6O/c1-3-14-11-19-22(32-25(14)34)20(26)17(12-30-19)13-33-8-5-15(6-9-33)18-10-16-4-7-29-24(28-2)21(16)31-23(18)27/h4-5,7,10-12H,3,6,8-9,13H2,1-2H3,(H,28,29)(H,32,34). The van der Waals surface area contributed by atoms with Crippen molar-refractivity contribution in [2.45, 2.75) is 26.3 Å². The molecule has 0 atom stereocenters. The van der Waals surface area contributed by atoms with E-state index in [2.05, 4.69) is 30.2 Å². The molecule has 0 amide bonds. The molecule has 174 valence electrons. The van der Waals surface area contributed by atoms with Gasteiger partial charge < -0.3 is 10.3 Å². The molecule has 0 saturated heterocycles. The Kier molecular flexibility index (Phi) is 5.79. The van der Waals surface area contributed by atoms with Gasteiger partial charge in [0.25, 0.3) is 5.56 Å². The van der Waals surface area contributed by atoms with E-state index in [4.69, 9.17) is 0 Å². The highest BCUT2D eigenvalue weighted by Gasteiger charge is 2.20. The predicted octanol–water partition coefficient (Wildman–Crippen LogP) is 4.04. The molecule has 4 aromatic heterocycles. The SMILES string of the molecule is CCc1cc2ncc(CN3CC=C(c4cc5ccnc(NC)c5nc4F)CC3)c(F)c2[nH]c1=O. The van der Waals surface area contributed by atoms with Crippen molar-refractivity contribution in [3.05, 3.63) is 75.5 Å². The van der Waals surface area contributed by atoms with Crippen molar-refractivity contribution in [1.29, 1.82) is 0 Å². The minimum Gasteiger partial charge on any atom is -0.371 e. The molecule has 9 heteroatoms. The molecule has 0 spiro atoms. The number of aromatic nitrogens is 4. The monoisotopic (exact) mass is 462 g/mol. The number of anilines is 1. The predicted molar refractivity (Wildman–Crippen MR) is 129 cm³/mol. The minimum atomic E-state index is -0.531. The first kappa shape index (κ1) is 22.1. The smallest absolute Gasteiger partial charge is 0.251 e. The Bertz CT molecular complexity index is 1500. The first-order valence-electron chi connectivity index (χ1n) is 11.2. The van der Waals surface area contributed by atoms with E-state index in [0.29, 0.717) is 66.0 Å². The number of pyridine rings is 4. The van der Waals surface area contributed by atoms with E-state index in [1.165, 1.54) is 6.20 Å². The number of H-pyrrole nitrogens is 1. The molecule has 1 aliphatic heterocycles. The van der Waals surface area contributed by atoms with Gasteiger partial charge in [0, 0.05) is 61.2 Å². The summed E-state index contributed by atoms with van der Waals surface area (Å²) in [7, 11) is 1.72. The van der Waals surface area contributed by atoms with E-state index in [1.807, 2.05) is 19.1 Å². The minimum absolute atomic E-state index is 0.132. The van der Waals surface area contributed by atoms with Crippen molar-refractivity contribution in [3.63, 3.8) is 0 Å². The second-order valence-corrected chi connectivity index (χ2v) is 8.36. The first-order valence-corrected chi connectivity index (χ1v) is 11.2. The lowest BCUT2D eigenvalue weighted by atomic mass is 9.99. The van der Waals surface area contributed by atoms with Crippen LogP contribution in [0.4, 0.5) is 14.6 Å². The third-order valence-corrected chi connectivity index (χ3v) is 6.30. The zero-order valence-electron chi connectivity index (χ0n) is 19.0. The molecule has 0 saturated carbocycles. The summed E-state index contributed by atoms with van der Waals surface area (Å²) in [5.41, 5.74) is 3.11. The van der Waals surface area contributed by atoms with Gasteiger partial charge in [-0.15, -0.1) is 0 Å². The van der Waals surface area contributed by atoms with Gasteiger partial charge in [-0.2, -0.15) is 4.39 Å². The highest BCUT2D eigenvalue weighted by Crippen LogP contribution is 2.29. The summed E-state index contributed by atoms with van der Waals surface area (Å²) in [6, 6.07) is 5.25. The fraction of sp³-hybridized carbons (Fsp3) is 0.280. The Morgan fingerprint density at radius 2 is 2.06 bits per heavy atom. The van der Waals surface area contributed by atoms with Gasteiger partial charge in [-0.05, 0) is 36.6 Å². The Morgan fingerprint density at radius 3 is 2.79 bits per heavy atom.